The first kappa shape index (κ1) is 27.4. The van der Waals surface area contributed by atoms with Crippen LogP contribution in [0.4, 0.5) is 15.9 Å². The van der Waals surface area contributed by atoms with Crippen molar-refractivity contribution < 1.29 is 13.9 Å². The number of hydrogen-bond donors (Lipinski definition) is 0. The maximum Gasteiger partial charge on any atom is 0.356 e. The van der Waals surface area contributed by atoms with Crippen LogP contribution in [0.2, 0.25) is 5.02 Å². The third kappa shape index (κ3) is 4.19. The quantitative estimate of drug-likeness (QED) is 0.259. The molecule has 2 aliphatic rings. The number of nitrogens with zero attached hydrogens (tertiary/aromatic N) is 8. The Morgan fingerprint density at radius 3 is 2.71 bits per heavy atom. The van der Waals surface area contributed by atoms with Gasteiger partial charge >= 0.3 is 5.69 Å². The third-order valence-corrected chi connectivity index (χ3v) is 7.74. The summed E-state index contributed by atoms with van der Waals surface area (Å²) in [6, 6.07) is 5.66. The summed E-state index contributed by atoms with van der Waals surface area (Å²) in [5.41, 5.74) is -0.963. The van der Waals surface area contributed by atoms with E-state index in [1.54, 1.807) is 21.7 Å². The van der Waals surface area contributed by atoms with Crippen LogP contribution in [0.25, 0.3) is 33.0 Å². The van der Waals surface area contributed by atoms with E-state index in [0.717, 1.165) is 0 Å². The van der Waals surface area contributed by atoms with E-state index in [4.69, 9.17) is 27.9 Å². The molecule has 0 spiro atoms. The first-order chi connectivity index (χ1) is 20.0. The van der Waals surface area contributed by atoms with Gasteiger partial charge in [0.05, 0.1) is 30.0 Å². The Hall–Kier alpha value is -4.76. The molecule has 13 heteroatoms. The lowest BCUT2D eigenvalue weighted by atomic mass is 10.1. The van der Waals surface area contributed by atoms with Gasteiger partial charge in [-0.1, -0.05) is 30.3 Å². The predicted molar refractivity (Wildman–Crippen MR) is 156 cm³/mol. The molecule has 0 saturated carbocycles. The van der Waals surface area contributed by atoms with Crippen molar-refractivity contribution in [1.82, 2.24) is 29.2 Å². The molecule has 0 radical (unpaired) electrons. The molecule has 0 aliphatic carbocycles. The second kappa shape index (κ2) is 9.95. The number of benzene rings is 1. The molecule has 0 bridgehead atoms. The van der Waals surface area contributed by atoms with Crippen LogP contribution in [0, 0.1) is 12.4 Å². The molecule has 1 fully saturated rings. The average molecular weight is 589 g/mol. The topological polar surface area (TPSA) is 103 Å². The fourth-order valence-electron chi connectivity index (χ4n) is 5.44. The van der Waals surface area contributed by atoms with E-state index in [9.17, 15) is 9.59 Å². The fraction of sp³-hybridized carbons (Fsp3) is 0.310. The van der Waals surface area contributed by atoms with E-state index < -0.39 is 17.0 Å². The molecule has 1 aromatic carbocycles. The number of fused-ring (bicyclic) bond motifs is 2. The SMILES string of the molecule is [C-]#[N+]c1cnn(C(C)(C)C)c1-n1c(=O)nc2c3c(c(Cl)c(-c4ccccc4F)nc31)OC[C@H]1CN(C(=O)C=C)CCN21. The lowest BCUT2D eigenvalue weighted by Crippen LogP contribution is -2.56. The second-order valence-electron chi connectivity index (χ2n) is 11.0. The van der Waals surface area contributed by atoms with Crippen LogP contribution in [-0.4, -0.2) is 67.4 Å². The summed E-state index contributed by atoms with van der Waals surface area (Å²) < 4.78 is 24.2. The number of anilines is 1. The molecule has 11 nitrogen and oxygen atoms in total. The molecular weight excluding hydrogens is 563 g/mol. The van der Waals surface area contributed by atoms with Crippen molar-refractivity contribution in [3.05, 3.63) is 75.9 Å². The van der Waals surface area contributed by atoms with Gasteiger partial charge in [-0.15, -0.1) is 0 Å². The summed E-state index contributed by atoms with van der Waals surface area (Å²) in [5, 5.41) is 4.79. The van der Waals surface area contributed by atoms with Crippen LogP contribution in [0.5, 0.6) is 5.75 Å². The van der Waals surface area contributed by atoms with Gasteiger partial charge in [-0.3, -0.25) is 9.48 Å². The van der Waals surface area contributed by atoms with Crippen LogP contribution < -0.4 is 15.3 Å². The number of aromatic nitrogens is 5. The Balaban J connectivity index is 1.71. The molecule has 1 amide bonds. The minimum atomic E-state index is -0.709. The minimum absolute atomic E-state index is 0.0504. The van der Waals surface area contributed by atoms with Crippen molar-refractivity contribution in [2.45, 2.75) is 32.4 Å². The van der Waals surface area contributed by atoms with E-state index in [2.05, 4.69) is 21.5 Å². The maximum atomic E-state index is 15.1. The normalized spacial score (nSPS) is 16.4. The van der Waals surface area contributed by atoms with Crippen molar-refractivity contribution >= 4 is 40.0 Å². The number of rotatable bonds is 3. The molecule has 1 saturated heterocycles. The number of piperazine rings is 1. The molecule has 0 N–H and O–H groups in total. The Bertz CT molecular complexity index is 1890. The van der Waals surface area contributed by atoms with E-state index in [0.29, 0.717) is 25.0 Å². The molecular formula is C29H26ClFN8O3. The van der Waals surface area contributed by atoms with Gasteiger partial charge in [0.1, 0.15) is 34.5 Å². The van der Waals surface area contributed by atoms with E-state index in [1.165, 1.54) is 29.0 Å². The van der Waals surface area contributed by atoms with Crippen LogP contribution in [0.3, 0.4) is 0 Å². The summed E-state index contributed by atoms with van der Waals surface area (Å²) in [4.78, 5) is 42.9. The summed E-state index contributed by atoms with van der Waals surface area (Å²) >= 11 is 6.92. The lowest BCUT2D eigenvalue weighted by molar-refractivity contribution is -0.126. The van der Waals surface area contributed by atoms with Crippen molar-refractivity contribution in [3.63, 3.8) is 0 Å². The van der Waals surface area contributed by atoms with E-state index in [1.807, 2.05) is 25.7 Å². The molecule has 4 aromatic rings. The summed E-state index contributed by atoms with van der Waals surface area (Å²) in [6.45, 7) is 18.2. The number of carbonyl (C=O) groups excluding carboxylic acids is 1. The lowest BCUT2D eigenvalue weighted by Gasteiger charge is -2.40. The Morgan fingerprint density at radius 1 is 1.26 bits per heavy atom. The highest BCUT2D eigenvalue weighted by atomic mass is 35.5. The first-order valence-corrected chi connectivity index (χ1v) is 13.6. The predicted octanol–water partition coefficient (Wildman–Crippen LogP) is 4.34. The monoisotopic (exact) mass is 588 g/mol. The van der Waals surface area contributed by atoms with Gasteiger partial charge in [-0.05, 0) is 39.0 Å². The molecule has 2 aliphatic heterocycles. The highest BCUT2D eigenvalue weighted by Gasteiger charge is 2.38. The van der Waals surface area contributed by atoms with Crippen LogP contribution in [-0.2, 0) is 10.3 Å². The van der Waals surface area contributed by atoms with Crippen molar-refractivity contribution in [1.29, 1.82) is 0 Å². The smallest absolute Gasteiger partial charge is 0.356 e. The number of pyridine rings is 1. The molecule has 6 rings (SSSR count). The molecule has 5 heterocycles. The third-order valence-electron chi connectivity index (χ3n) is 7.39. The fourth-order valence-corrected chi connectivity index (χ4v) is 5.74. The van der Waals surface area contributed by atoms with Crippen LogP contribution >= 0.6 is 11.6 Å². The molecule has 1 atom stereocenters. The van der Waals surface area contributed by atoms with Gasteiger partial charge in [-0.25, -0.2) is 23.6 Å². The molecule has 3 aromatic heterocycles. The molecule has 0 unspecified atom stereocenters. The van der Waals surface area contributed by atoms with Gasteiger partial charge in [0.25, 0.3) is 0 Å². The zero-order chi connectivity index (χ0) is 29.9. The first-order valence-electron chi connectivity index (χ1n) is 13.2. The second-order valence-corrected chi connectivity index (χ2v) is 11.4. The average Bonchev–Trinajstić information content (AvgIpc) is 3.33. The van der Waals surface area contributed by atoms with E-state index >= 15 is 4.39 Å². The van der Waals surface area contributed by atoms with Gasteiger partial charge < -0.3 is 14.5 Å². The summed E-state index contributed by atoms with van der Waals surface area (Å²) in [6.07, 6.45) is 2.64. The summed E-state index contributed by atoms with van der Waals surface area (Å²) in [7, 11) is 0. The van der Waals surface area contributed by atoms with Crippen molar-refractivity contribution in [3.8, 4) is 22.8 Å². The summed E-state index contributed by atoms with van der Waals surface area (Å²) in [5.74, 6) is -0.140. The number of ether oxygens (including phenoxy) is 1. The number of hydrogen-bond acceptors (Lipinski definition) is 7. The highest BCUT2D eigenvalue weighted by molar-refractivity contribution is 6.36. The zero-order valence-corrected chi connectivity index (χ0v) is 23.9. The maximum absolute atomic E-state index is 15.1. The van der Waals surface area contributed by atoms with E-state index in [-0.39, 0.29) is 63.6 Å². The Labute approximate surface area is 245 Å². The highest BCUT2D eigenvalue weighted by Crippen LogP contribution is 2.45. The number of carbonyl (C=O) groups is 1. The van der Waals surface area contributed by atoms with Gasteiger partial charge in [0.15, 0.2) is 11.4 Å². The zero-order valence-electron chi connectivity index (χ0n) is 23.1. The van der Waals surface area contributed by atoms with Crippen molar-refractivity contribution in [2.24, 2.45) is 0 Å². The van der Waals surface area contributed by atoms with Crippen molar-refractivity contribution in [2.75, 3.05) is 31.1 Å². The van der Waals surface area contributed by atoms with Gasteiger partial charge in [-0.2, -0.15) is 10.1 Å². The molecule has 42 heavy (non-hydrogen) atoms. The largest absolute Gasteiger partial charge is 0.489 e. The Kier molecular flexibility index (Phi) is 6.50. The van der Waals surface area contributed by atoms with Gasteiger partial charge in [0.2, 0.25) is 11.6 Å². The Morgan fingerprint density at radius 2 is 2.02 bits per heavy atom. The standard InChI is InChI=1S/C29H26ClFN8O3/c1-6-20(40)36-11-12-37-16(14-36)15-42-24-21-25(37)35-28(41)38(27-19(32-5)13-33-39(27)29(2,3)4)26(21)34-23(22(24)30)17-9-7-8-10-18(17)31/h6-10,13,16H,1,11-12,14-15H2,2-4H3/t16-/m1/s1. The number of amides is 1. The van der Waals surface area contributed by atoms with Gasteiger partial charge in [0, 0.05) is 25.2 Å². The molecule has 214 valence electrons. The number of halogens is 2. The van der Waals surface area contributed by atoms with Crippen LogP contribution in [0.1, 0.15) is 20.8 Å². The van der Waals surface area contributed by atoms with Crippen LogP contribution in [0.15, 0.2) is 47.9 Å². The minimum Gasteiger partial charge on any atom is -0.489 e.